The van der Waals surface area contributed by atoms with Gasteiger partial charge in [0.25, 0.3) is 0 Å². The van der Waals surface area contributed by atoms with Gasteiger partial charge in [0.2, 0.25) is 0 Å². The van der Waals surface area contributed by atoms with Crippen LogP contribution < -0.4 is 0 Å². The van der Waals surface area contributed by atoms with Crippen molar-refractivity contribution in [2.45, 2.75) is 20.0 Å². The van der Waals surface area contributed by atoms with Crippen molar-refractivity contribution < 1.29 is 13.2 Å². The first-order valence-electron chi connectivity index (χ1n) is 4.95. The molecule has 1 aliphatic heterocycles. The summed E-state index contributed by atoms with van der Waals surface area (Å²) in [5.41, 5.74) is 0. The van der Waals surface area contributed by atoms with Crippen molar-refractivity contribution in [3.63, 3.8) is 0 Å². The molecule has 0 radical (unpaired) electrons. The molecular formula is C9H19F3N2. The fourth-order valence-corrected chi connectivity index (χ4v) is 1.26. The normalized spacial score (nSPS) is 20.1. The number of rotatable bonds is 1. The number of likely N-dealkylation sites (N-methyl/N-ethyl adjacent to an activating group) is 1. The van der Waals surface area contributed by atoms with Crippen LogP contribution >= 0.6 is 0 Å². The summed E-state index contributed by atoms with van der Waals surface area (Å²) in [5, 5.41) is 0. The highest BCUT2D eigenvalue weighted by atomic mass is 19.4. The maximum atomic E-state index is 11.9. The van der Waals surface area contributed by atoms with Crippen molar-refractivity contribution in [2.24, 2.45) is 0 Å². The molecule has 0 aliphatic carbocycles. The number of alkyl halides is 3. The van der Waals surface area contributed by atoms with E-state index in [9.17, 15) is 13.2 Å². The third-order valence-electron chi connectivity index (χ3n) is 2.00. The maximum absolute atomic E-state index is 11.9. The van der Waals surface area contributed by atoms with E-state index in [0.717, 1.165) is 13.1 Å². The third kappa shape index (κ3) is 6.21. The molecule has 14 heavy (non-hydrogen) atoms. The highest BCUT2D eigenvalue weighted by molar-refractivity contribution is 4.71. The van der Waals surface area contributed by atoms with Crippen molar-refractivity contribution >= 4 is 0 Å². The van der Waals surface area contributed by atoms with Crippen LogP contribution in [0.2, 0.25) is 0 Å². The highest BCUT2D eigenvalue weighted by Crippen LogP contribution is 2.16. The Labute approximate surface area is 83.7 Å². The van der Waals surface area contributed by atoms with Crippen LogP contribution in [0.4, 0.5) is 13.2 Å². The first kappa shape index (κ1) is 13.7. The highest BCUT2D eigenvalue weighted by Gasteiger charge is 2.31. The van der Waals surface area contributed by atoms with Gasteiger partial charge in [0.05, 0.1) is 6.54 Å². The molecule has 1 heterocycles. The van der Waals surface area contributed by atoms with E-state index in [2.05, 4.69) is 0 Å². The molecular weight excluding hydrogens is 193 g/mol. The average molecular weight is 212 g/mol. The lowest BCUT2D eigenvalue weighted by molar-refractivity contribution is -0.148. The lowest BCUT2D eigenvalue weighted by atomic mass is 10.3. The molecule has 0 aromatic heterocycles. The third-order valence-corrected chi connectivity index (χ3v) is 2.00. The van der Waals surface area contributed by atoms with Gasteiger partial charge in [-0.2, -0.15) is 13.2 Å². The zero-order chi connectivity index (χ0) is 11.2. The number of hydrogen-bond acceptors (Lipinski definition) is 2. The summed E-state index contributed by atoms with van der Waals surface area (Å²) >= 11 is 0. The number of nitrogens with zero attached hydrogens (tertiary/aromatic N) is 2. The van der Waals surface area contributed by atoms with Crippen LogP contribution in [0.25, 0.3) is 0 Å². The molecule has 86 valence electrons. The molecule has 1 fully saturated rings. The van der Waals surface area contributed by atoms with E-state index in [4.69, 9.17) is 0 Å². The van der Waals surface area contributed by atoms with Gasteiger partial charge in [0.1, 0.15) is 0 Å². The molecule has 0 spiro atoms. The zero-order valence-electron chi connectivity index (χ0n) is 9.06. The van der Waals surface area contributed by atoms with Crippen LogP contribution in [-0.2, 0) is 0 Å². The molecule has 0 aromatic rings. The van der Waals surface area contributed by atoms with Crippen LogP contribution in [0.15, 0.2) is 0 Å². The Morgan fingerprint density at radius 3 is 1.79 bits per heavy atom. The minimum atomic E-state index is -4.05. The molecule has 0 saturated carbocycles. The Hall–Kier alpha value is -0.290. The van der Waals surface area contributed by atoms with Crippen LogP contribution in [0.3, 0.4) is 0 Å². The summed E-state index contributed by atoms with van der Waals surface area (Å²) in [6.07, 6.45) is -4.05. The van der Waals surface area contributed by atoms with E-state index in [1.54, 1.807) is 0 Å². The van der Waals surface area contributed by atoms with E-state index in [1.807, 2.05) is 25.8 Å². The molecule has 0 bridgehead atoms. The molecule has 1 saturated heterocycles. The predicted octanol–water partition coefficient (Wildman–Crippen LogP) is 1.82. The van der Waals surface area contributed by atoms with Gasteiger partial charge in [-0.15, -0.1) is 0 Å². The second kappa shape index (κ2) is 6.24. The molecule has 0 atom stereocenters. The summed E-state index contributed by atoms with van der Waals surface area (Å²) in [5.74, 6) is 0. The first-order valence-corrected chi connectivity index (χ1v) is 4.95. The fraction of sp³-hybridized carbons (Fsp3) is 1.00. The fourth-order valence-electron chi connectivity index (χ4n) is 1.26. The Morgan fingerprint density at radius 2 is 1.43 bits per heavy atom. The molecule has 0 unspecified atom stereocenters. The van der Waals surface area contributed by atoms with Crippen molar-refractivity contribution in [1.82, 2.24) is 9.80 Å². The van der Waals surface area contributed by atoms with E-state index in [1.165, 1.54) is 4.90 Å². The second-order valence-corrected chi connectivity index (χ2v) is 3.19. The van der Waals surface area contributed by atoms with Gasteiger partial charge in [0, 0.05) is 26.2 Å². The SMILES string of the molecule is CC.CN1CCN(CC(F)(F)F)CC1. The summed E-state index contributed by atoms with van der Waals surface area (Å²) in [7, 11) is 1.92. The molecule has 1 aliphatic rings. The average Bonchev–Trinajstić information content (AvgIpc) is 2.10. The monoisotopic (exact) mass is 212 g/mol. The van der Waals surface area contributed by atoms with E-state index in [0.29, 0.717) is 13.1 Å². The number of hydrogen-bond donors (Lipinski definition) is 0. The van der Waals surface area contributed by atoms with Gasteiger partial charge in [0.15, 0.2) is 0 Å². The quantitative estimate of drug-likeness (QED) is 0.654. The van der Waals surface area contributed by atoms with Gasteiger partial charge in [-0.05, 0) is 7.05 Å². The van der Waals surface area contributed by atoms with Gasteiger partial charge in [-0.3, -0.25) is 4.90 Å². The largest absolute Gasteiger partial charge is 0.401 e. The minimum absolute atomic E-state index is 0.524. The van der Waals surface area contributed by atoms with Crippen LogP contribution in [-0.4, -0.2) is 55.7 Å². The van der Waals surface area contributed by atoms with Crippen LogP contribution in [0, 0.1) is 0 Å². The molecule has 2 nitrogen and oxygen atoms in total. The lowest BCUT2D eigenvalue weighted by Crippen LogP contribution is -2.47. The summed E-state index contributed by atoms with van der Waals surface area (Å²) in [4.78, 5) is 3.48. The summed E-state index contributed by atoms with van der Waals surface area (Å²) in [6.45, 7) is 5.75. The Morgan fingerprint density at radius 1 is 1.00 bits per heavy atom. The lowest BCUT2D eigenvalue weighted by Gasteiger charge is -2.32. The minimum Gasteiger partial charge on any atom is -0.304 e. The van der Waals surface area contributed by atoms with Crippen molar-refractivity contribution in [1.29, 1.82) is 0 Å². The summed E-state index contributed by atoms with van der Waals surface area (Å²) in [6, 6.07) is 0. The van der Waals surface area contributed by atoms with Crippen molar-refractivity contribution in [3.8, 4) is 0 Å². The maximum Gasteiger partial charge on any atom is 0.401 e. The number of piperazine rings is 1. The smallest absolute Gasteiger partial charge is 0.304 e. The van der Waals surface area contributed by atoms with Gasteiger partial charge in [-0.1, -0.05) is 13.8 Å². The molecule has 1 rings (SSSR count). The Bertz CT molecular complexity index is 139. The zero-order valence-corrected chi connectivity index (χ0v) is 9.06. The Kier molecular flexibility index (Phi) is 6.11. The van der Waals surface area contributed by atoms with E-state index in [-0.39, 0.29) is 0 Å². The summed E-state index contributed by atoms with van der Waals surface area (Å²) < 4.78 is 35.6. The second-order valence-electron chi connectivity index (χ2n) is 3.19. The van der Waals surface area contributed by atoms with Crippen molar-refractivity contribution in [3.05, 3.63) is 0 Å². The molecule has 0 N–H and O–H groups in total. The molecule has 5 heteroatoms. The van der Waals surface area contributed by atoms with Gasteiger partial charge < -0.3 is 4.90 Å². The van der Waals surface area contributed by atoms with Gasteiger partial charge >= 0.3 is 6.18 Å². The van der Waals surface area contributed by atoms with E-state index >= 15 is 0 Å². The Balaban J connectivity index is 0.000000791. The van der Waals surface area contributed by atoms with Crippen LogP contribution in [0.1, 0.15) is 13.8 Å². The van der Waals surface area contributed by atoms with E-state index < -0.39 is 12.7 Å². The molecule has 0 aromatic carbocycles. The van der Waals surface area contributed by atoms with Crippen molar-refractivity contribution in [2.75, 3.05) is 39.8 Å². The number of halogens is 3. The van der Waals surface area contributed by atoms with Crippen LogP contribution in [0.5, 0.6) is 0 Å². The first-order chi connectivity index (χ1) is 6.47. The predicted molar refractivity (Wildman–Crippen MR) is 51.3 cm³/mol. The topological polar surface area (TPSA) is 6.48 Å². The standard InChI is InChI=1S/C7H13F3N2.C2H6/c1-11-2-4-12(5-3-11)6-7(8,9)10;1-2/h2-6H2,1H3;1-2H3. The van der Waals surface area contributed by atoms with Gasteiger partial charge in [-0.25, -0.2) is 0 Å². The molecule has 0 amide bonds.